The zero-order chi connectivity index (χ0) is 43.1. The Morgan fingerprint density at radius 2 is 1.87 bits per heavy atom. The lowest BCUT2D eigenvalue weighted by atomic mass is 9.87. The molecule has 2 saturated carbocycles. The summed E-state index contributed by atoms with van der Waals surface area (Å²) in [5, 5.41) is 3.89. The Balaban J connectivity index is 1.21. The fraction of sp³-hybridized carbons (Fsp3) is 0.667. The average molecular weight is 851 g/mol. The van der Waals surface area contributed by atoms with Crippen molar-refractivity contribution in [2.75, 3.05) is 33.5 Å². The number of aromatic nitrogens is 1. The fourth-order valence-electron chi connectivity index (χ4n) is 8.84. The molecule has 3 amide bonds. The molecular weight excluding hydrogens is 789 g/mol. The molecule has 2 aliphatic carbocycles. The SMILES string of the molecule is COCCCOc1ccc2nc(C)c3c(c2c1)CC[C@]1(C[C@H]2C(=O)N[C@]4(C(=O)NS(=O)(=O)C5(C)CC5)C[C@H]4/C=C\CCCCC[C@H](CC(=O)OCC(C)(C)C)C(=O)N2C1)O3. The largest absolute Gasteiger partial charge is 0.493 e. The normalized spacial score (nSPS) is 28.2. The van der Waals surface area contributed by atoms with Crippen molar-refractivity contribution in [2.45, 2.75) is 140 Å². The zero-order valence-corrected chi connectivity index (χ0v) is 36.8. The second-order valence-electron chi connectivity index (χ2n) is 19.2. The Hall–Kier alpha value is -4.24. The van der Waals surface area contributed by atoms with E-state index < -0.39 is 61.6 Å². The highest BCUT2D eigenvalue weighted by Gasteiger charge is 2.64. The lowest BCUT2D eigenvalue weighted by Gasteiger charge is -2.36. The summed E-state index contributed by atoms with van der Waals surface area (Å²) in [4.78, 5) is 63.4. The third-order valence-electron chi connectivity index (χ3n) is 12.9. The van der Waals surface area contributed by atoms with E-state index >= 15 is 0 Å². The van der Waals surface area contributed by atoms with Crippen LogP contribution in [0.4, 0.5) is 0 Å². The summed E-state index contributed by atoms with van der Waals surface area (Å²) in [5.41, 5.74) is -0.291. The van der Waals surface area contributed by atoms with Gasteiger partial charge in [0.1, 0.15) is 28.7 Å². The van der Waals surface area contributed by atoms with Gasteiger partial charge in [0.05, 0.1) is 42.1 Å². The van der Waals surface area contributed by atoms with Crippen LogP contribution in [0.5, 0.6) is 11.5 Å². The van der Waals surface area contributed by atoms with Crippen LogP contribution in [-0.4, -0.2) is 97.4 Å². The van der Waals surface area contributed by atoms with E-state index in [0.717, 1.165) is 35.7 Å². The van der Waals surface area contributed by atoms with Crippen LogP contribution in [0.1, 0.15) is 116 Å². The first-order valence-corrected chi connectivity index (χ1v) is 23.1. The van der Waals surface area contributed by atoms with E-state index in [1.54, 1.807) is 14.0 Å². The van der Waals surface area contributed by atoms with Gasteiger partial charge in [-0.15, -0.1) is 0 Å². The van der Waals surface area contributed by atoms with E-state index in [0.29, 0.717) is 75.4 Å². The summed E-state index contributed by atoms with van der Waals surface area (Å²) in [6.07, 6.45) is 10.3. The Morgan fingerprint density at radius 3 is 2.60 bits per heavy atom. The molecule has 5 aliphatic rings. The van der Waals surface area contributed by atoms with E-state index in [2.05, 4.69) is 10.0 Å². The Bertz CT molecular complexity index is 2150. The van der Waals surface area contributed by atoms with Gasteiger partial charge in [0.25, 0.3) is 5.91 Å². The van der Waals surface area contributed by atoms with E-state index in [-0.39, 0.29) is 43.7 Å². The molecule has 14 nitrogen and oxygen atoms in total. The summed E-state index contributed by atoms with van der Waals surface area (Å²) in [7, 11) is -2.34. The molecule has 1 spiro atoms. The monoisotopic (exact) mass is 850 g/mol. The Labute approximate surface area is 353 Å². The molecule has 3 fully saturated rings. The number of rotatable bonds is 11. The first-order chi connectivity index (χ1) is 28.4. The highest BCUT2D eigenvalue weighted by molar-refractivity contribution is 7.91. The maximum absolute atomic E-state index is 14.9. The van der Waals surface area contributed by atoms with Crippen LogP contribution in [0.2, 0.25) is 0 Å². The average Bonchev–Trinajstić information content (AvgIpc) is 4.09. The number of methoxy groups -OCH3 is 1. The highest BCUT2D eigenvalue weighted by Crippen LogP contribution is 2.49. The molecule has 5 atom stereocenters. The summed E-state index contributed by atoms with van der Waals surface area (Å²) in [6, 6.07) is 4.74. The Kier molecular flexibility index (Phi) is 12.4. The number of amides is 3. The number of pyridine rings is 1. The second-order valence-corrected chi connectivity index (χ2v) is 21.4. The van der Waals surface area contributed by atoms with Crippen LogP contribution in [0, 0.1) is 24.2 Å². The lowest BCUT2D eigenvalue weighted by molar-refractivity contribution is -0.152. The maximum atomic E-state index is 14.9. The fourth-order valence-corrected chi connectivity index (χ4v) is 10.2. The summed E-state index contributed by atoms with van der Waals surface area (Å²) < 4.78 is 51.6. The Morgan fingerprint density at radius 1 is 1.08 bits per heavy atom. The van der Waals surface area contributed by atoms with Crippen LogP contribution in [0.3, 0.4) is 0 Å². The zero-order valence-electron chi connectivity index (χ0n) is 36.0. The van der Waals surface area contributed by atoms with Gasteiger partial charge in [-0.2, -0.15) is 0 Å². The minimum atomic E-state index is -3.99. The molecule has 0 bridgehead atoms. The van der Waals surface area contributed by atoms with Crippen LogP contribution in [0.25, 0.3) is 10.9 Å². The number of carbonyl (C=O) groups excluding carboxylic acids is 4. The molecule has 60 heavy (non-hydrogen) atoms. The number of esters is 1. The number of allylic oxidation sites excluding steroid dienone is 1. The van der Waals surface area contributed by atoms with Gasteiger partial charge >= 0.3 is 5.97 Å². The predicted molar refractivity (Wildman–Crippen MR) is 225 cm³/mol. The third kappa shape index (κ3) is 9.31. The van der Waals surface area contributed by atoms with Gasteiger partial charge in [-0.25, -0.2) is 13.4 Å². The molecule has 1 aromatic heterocycles. The van der Waals surface area contributed by atoms with Crippen LogP contribution < -0.4 is 19.5 Å². The van der Waals surface area contributed by atoms with Crippen molar-refractivity contribution in [1.82, 2.24) is 19.9 Å². The number of hydrogen-bond donors (Lipinski definition) is 2. The molecular formula is C45H62N4O10S. The third-order valence-corrected chi connectivity index (χ3v) is 15.1. The van der Waals surface area contributed by atoms with Gasteiger partial charge in [0.2, 0.25) is 21.8 Å². The van der Waals surface area contributed by atoms with E-state index in [1.807, 2.05) is 58.0 Å². The van der Waals surface area contributed by atoms with Crippen molar-refractivity contribution in [2.24, 2.45) is 17.3 Å². The van der Waals surface area contributed by atoms with Gasteiger partial charge in [-0.05, 0) is 88.8 Å². The molecule has 7 rings (SSSR count). The molecule has 1 saturated heterocycles. The summed E-state index contributed by atoms with van der Waals surface area (Å²) >= 11 is 0. The number of hydrogen-bond acceptors (Lipinski definition) is 11. The molecule has 328 valence electrons. The van der Waals surface area contributed by atoms with Gasteiger partial charge < -0.3 is 29.2 Å². The topological polar surface area (TPSA) is 180 Å². The van der Waals surface area contributed by atoms with E-state index in [1.165, 1.54) is 4.90 Å². The van der Waals surface area contributed by atoms with E-state index in [9.17, 15) is 27.6 Å². The molecule has 2 N–H and O–H groups in total. The van der Waals surface area contributed by atoms with Gasteiger partial charge in [0.15, 0.2) is 0 Å². The smallest absolute Gasteiger partial charge is 0.306 e. The molecule has 0 radical (unpaired) electrons. The molecule has 15 heteroatoms. The summed E-state index contributed by atoms with van der Waals surface area (Å²) in [6.45, 7) is 10.8. The number of sulfonamides is 1. The maximum Gasteiger partial charge on any atom is 0.306 e. The summed E-state index contributed by atoms with van der Waals surface area (Å²) in [5.74, 6) is -2.02. The number of carbonyl (C=O) groups is 4. The van der Waals surface area contributed by atoms with Crippen molar-refractivity contribution >= 4 is 44.6 Å². The number of fused-ring (bicyclic) bond motifs is 5. The minimum Gasteiger partial charge on any atom is -0.493 e. The number of aryl methyl sites for hydroxylation is 2. The molecule has 2 aromatic rings. The van der Waals surface area contributed by atoms with Gasteiger partial charge in [-0.1, -0.05) is 45.8 Å². The number of nitrogens with one attached hydrogen (secondary N) is 2. The molecule has 1 aromatic carbocycles. The second kappa shape index (κ2) is 16.9. The number of ether oxygens (including phenoxy) is 4. The van der Waals surface area contributed by atoms with Gasteiger partial charge in [-0.3, -0.25) is 23.9 Å². The van der Waals surface area contributed by atoms with Crippen molar-refractivity contribution < 1.29 is 46.5 Å². The van der Waals surface area contributed by atoms with Crippen molar-refractivity contribution in [1.29, 1.82) is 0 Å². The lowest BCUT2D eigenvalue weighted by Crippen LogP contribution is -2.57. The van der Waals surface area contributed by atoms with Crippen molar-refractivity contribution in [3.8, 4) is 11.5 Å². The minimum absolute atomic E-state index is 0.0757. The molecule has 3 aliphatic heterocycles. The first kappa shape index (κ1) is 43.8. The number of benzene rings is 1. The quantitative estimate of drug-likeness (QED) is 0.163. The van der Waals surface area contributed by atoms with Gasteiger partial charge in [0, 0.05) is 49.3 Å². The van der Waals surface area contributed by atoms with Crippen molar-refractivity contribution in [3.63, 3.8) is 0 Å². The van der Waals surface area contributed by atoms with Crippen molar-refractivity contribution in [3.05, 3.63) is 41.6 Å². The molecule has 0 unspecified atom stereocenters. The van der Waals surface area contributed by atoms with Crippen LogP contribution >= 0.6 is 0 Å². The van der Waals surface area contributed by atoms with E-state index in [4.69, 9.17) is 23.9 Å². The van der Waals surface area contributed by atoms with Crippen LogP contribution in [-0.2, 0) is 45.1 Å². The molecule has 4 heterocycles. The predicted octanol–water partition coefficient (Wildman–Crippen LogP) is 5.61. The highest BCUT2D eigenvalue weighted by atomic mass is 32.2. The first-order valence-electron chi connectivity index (χ1n) is 21.6. The standard InChI is InChI=1S/C45H62N4O10S/c1-29-38-33(34-24-32(15-16-35(34)46-29)57-22-12-21-56-6)17-18-44(59-38)26-36-39(51)47-45(41(53)48-60(54,55)43(5)19-20-43)25-31(45)14-11-9-7-8-10-13-30(40(52)49(36)27-44)23-37(50)58-28-42(2,3)4/h11,14-16,24,30-31,36H,7-10,12-13,17-23,25-28H2,1-6H3,(H,47,51)(H,48,53)/b14-11-/t30-,31-,36+,44-,45-/m1/s1. The number of nitrogens with zero attached hydrogens (tertiary/aromatic N) is 2. The van der Waals surface area contributed by atoms with Crippen LogP contribution in [0.15, 0.2) is 30.4 Å².